The third-order valence-corrected chi connectivity index (χ3v) is 5.06. The summed E-state index contributed by atoms with van der Waals surface area (Å²) in [5.41, 5.74) is 6.03. The van der Waals surface area contributed by atoms with Crippen molar-refractivity contribution in [3.63, 3.8) is 0 Å². The van der Waals surface area contributed by atoms with Gasteiger partial charge in [0.25, 0.3) is 0 Å². The molecular formula is C21H23N3S. The van der Waals surface area contributed by atoms with Crippen LogP contribution in [-0.4, -0.2) is 17.4 Å². The van der Waals surface area contributed by atoms with Gasteiger partial charge in [-0.25, -0.2) is 4.68 Å². The summed E-state index contributed by atoms with van der Waals surface area (Å²) in [6, 6.07) is 16.9. The highest BCUT2D eigenvalue weighted by Gasteiger charge is 2.00. The summed E-state index contributed by atoms with van der Waals surface area (Å²) in [5.74, 6) is 0. The Morgan fingerprint density at radius 2 is 1.84 bits per heavy atom. The lowest BCUT2D eigenvalue weighted by molar-refractivity contribution is 0.783. The highest BCUT2D eigenvalue weighted by Crippen LogP contribution is 2.09. The molecule has 0 saturated carbocycles. The van der Waals surface area contributed by atoms with Crippen LogP contribution in [0.15, 0.2) is 64.0 Å². The molecule has 3 aromatic rings. The maximum atomic E-state index is 4.74. The first-order valence-corrected chi connectivity index (χ1v) is 9.34. The quantitative estimate of drug-likeness (QED) is 0.607. The van der Waals surface area contributed by atoms with E-state index in [1.54, 1.807) is 11.3 Å². The molecular weight excluding hydrogens is 326 g/mol. The molecule has 0 saturated heterocycles. The average molecular weight is 350 g/mol. The number of aryl methyl sites for hydroxylation is 3. The first kappa shape index (κ1) is 17.4. The smallest absolute Gasteiger partial charge is 0.205 e. The number of benzene rings is 2. The van der Waals surface area contributed by atoms with Gasteiger partial charge in [0, 0.05) is 11.9 Å². The molecule has 2 aromatic carbocycles. The van der Waals surface area contributed by atoms with E-state index in [4.69, 9.17) is 4.99 Å². The van der Waals surface area contributed by atoms with Crippen molar-refractivity contribution in [1.29, 1.82) is 0 Å². The molecule has 0 atom stereocenters. The monoisotopic (exact) mass is 349 g/mol. The second-order valence-electron chi connectivity index (χ2n) is 6.19. The Morgan fingerprint density at radius 1 is 1.04 bits per heavy atom. The van der Waals surface area contributed by atoms with Crippen molar-refractivity contribution in [3.05, 3.63) is 86.7 Å². The maximum Gasteiger partial charge on any atom is 0.205 e. The zero-order valence-electron chi connectivity index (χ0n) is 14.9. The molecule has 0 amide bonds. The van der Waals surface area contributed by atoms with Crippen LogP contribution in [0.25, 0.3) is 0 Å². The molecule has 0 N–H and O–H groups in total. The summed E-state index contributed by atoms with van der Waals surface area (Å²) < 4.78 is 1.93. The SMILES string of the molecule is Cc1ccc(C)c(C=Nn2c(C)csc2=NCCc2ccccc2)c1. The Balaban J connectivity index is 1.80. The Bertz CT molecular complexity index is 933. The second-order valence-corrected chi connectivity index (χ2v) is 7.03. The van der Waals surface area contributed by atoms with Gasteiger partial charge in [-0.05, 0) is 43.9 Å². The van der Waals surface area contributed by atoms with Crippen molar-refractivity contribution in [2.24, 2.45) is 10.1 Å². The van der Waals surface area contributed by atoms with Gasteiger partial charge in [0.05, 0.1) is 11.9 Å². The van der Waals surface area contributed by atoms with E-state index in [-0.39, 0.29) is 0 Å². The van der Waals surface area contributed by atoms with E-state index >= 15 is 0 Å². The molecule has 0 bridgehead atoms. The van der Waals surface area contributed by atoms with Gasteiger partial charge in [-0.1, -0.05) is 54.1 Å². The van der Waals surface area contributed by atoms with Gasteiger partial charge in [-0.15, -0.1) is 11.3 Å². The summed E-state index contributed by atoms with van der Waals surface area (Å²) in [5, 5.41) is 6.77. The van der Waals surface area contributed by atoms with Gasteiger partial charge in [0.2, 0.25) is 4.80 Å². The molecule has 0 aliphatic rings. The molecule has 3 rings (SSSR count). The minimum absolute atomic E-state index is 0.767. The number of rotatable bonds is 5. The molecule has 0 aliphatic carbocycles. The number of thiazole rings is 1. The van der Waals surface area contributed by atoms with Crippen LogP contribution in [-0.2, 0) is 6.42 Å². The van der Waals surface area contributed by atoms with Gasteiger partial charge < -0.3 is 0 Å². The van der Waals surface area contributed by atoms with E-state index in [1.807, 2.05) is 17.0 Å². The topological polar surface area (TPSA) is 29.6 Å². The summed E-state index contributed by atoms with van der Waals surface area (Å²) in [7, 11) is 0. The second kappa shape index (κ2) is 8.08. The van der Waals surface area contributed by atoms with Crippen molar-refractivity contribution in [2.75, 3.05) is 6.54 Å². The zero-order chi connectivity index (χ0) is 17.6. The van der Waals surface area contributed by atoms with Crippen molar-refractivity contribution in [1.82, 2.24) is 4.68 Å². The molecule has 25 heavy (non-hydrogen) atoms. The summed E-state index contributed by atoms with van der Waals surface area (Å²) in [6.45, 7) is 7.04. The van der Waals surface area contributed by atoms with E-state index < -0.39 is 0 Å². The molecule has 1 aromatic heterocycles. The lowest BCUT2D eigenvalue weighted by atomic mass is 10.1. The average Bonchev–Trinajstić information content (AvgIpc) is 2.97. The van der Waals surface area contributed by atoms with Crippen LogP contribution in [0.1, 0.15) is 27.9 Å². The molecule has 0 unspecified atom stereocenters. The lowest BCUT2D eigenvalue weighted by Gasteiger charge is -2.02. The zero-order valence-corrected chi connectivity index (χ0v) is 15.8. The Labute approximate surface area is 153 Å². The Kier molecular flexibility index (Phi) is 5.61. The highest BCUT2D eigenvalue weighted by molar-refractivity contribution is 7.07. The molecule has 1 heterocycles. The third kappa shape index (κ3) is 4.54. The van der Waals surface area contributed by atoms with Gasteiger partial charge in [0.1, 0.15) is 0 Å². The van der Waals surface area contributed by atoms with Gasteiger partial charge in [-0.2, -0.15) is 5.10 Å². The minimum atomic E-state index is 0.767. The van der Waals surface area contributed by atoms with Gasteiger partial charge >= 0.3 is 0 Å². The molecule has 0 aliphatic heterocycles. The molecule has 3 nitrogen and oxygen atoms in total. The summed E-state index contributed by atoms with van der Waals surface area (Å²) >= 11 is 1.64. The van der Waals surface area contributed by atoms with E-state index in [2.05, 4.69) is 73.7 Å². The molecule has 128 valence electrons. The van der Waals surface area contributed by atoms with Crippen molar-refractivity contribution in [2.45, 2.75) is 27.2 Å². The number of aromatic nitrogens is 1. The van der Waals surface area contributed by atoms with Crippen LogP contribution in [0.3, 0.4) is 0 Å². The van der Waals surface area contributed by atoms with Crippen LogP contribution in [0.2, 0.25) is 0 Å². The number of nitrogens with zero attached hydrogens (tertiary/aromatic N) is 3. The first-order chi connectivity index (χ1) is 12.1. The van der Waals surface area contributed by atoms with Crippen molar-refractivity contribution in [3.8, 4) is 0 Å². The normalized spacial score (nSPS) is 12.2. The minimum Gasteiger partial charge on any atom is -0.257 e. The molecule has 4 heteroatoms. The van der Waals surface area contributed by atoms with Crippen LogP contribution < -0.4 is 4.80 Å². The lowest BCUT2D eigenvalue weighted by Crippen LogP contribution is -2.13. The predicted molar refractivity (Wildman–Crippen MR) is 107 cm³/mol. The van der Waals surface area contributed by atoms with Gasteiger partial charge in [-0.3, -0.25) is 4.99 Å². The fourth-order valence-electron chi connectivity index (χ4n) is 2.58. The largest absolute Gasteiger partial charge is 0.257 e. The van der Waals surface area contributed by atoms with E-state index in [0.717, 1.165) is 29.0 Å². The first-order valence-electron chi connectivity index (χ1n) is 8.46. The fourth-order valence-corrected chi connectivity index (χ4v) is 3.41. The summed E-state index contributed by atoms with van der Waals surface area (Å²) in [6.07, 6.45) is 2.87. The van der Waals surface area contributed by atoms with Crippen molar-refractivity contribution < 1.29 is 0 Å². The third-order valence-electron chi connectivity index (χ3n) is 4.09. The standard InChI is InChI=1S/C21H23N3S/c1-16-9-10-17(2)20(13-16)14-23-24-18(3)15-25-21(24)22-12-11-19-7-5-4-6-8-19/h4-10,13-15H,11-12H2,1-3H3. The predicted octanol–water partition coefficient (Wildman–Crippen LogP) is 4.50. The summed E-state index contributed by atoms with van der Waals surface area (Å²) in [4.78, 5) is 5.68. The van der Waals surface area contributed by atoms with Crippen LogP contribution >= 0.6 is 11.3 Å². The Morgan fingerprint density at radius 3 is 2.64 bits per heavy atom. The van der Waals surface area contributed by atoms with Crippen LogP contribution in [0.5, 0.6) is 0 Å². The number of hydrogen-bond donors (Lipinski definition) is 0. The van der Waals surface area contributed by atoms with Crippen LogP contribution in [0, 0.1) is 20.8 Å². The molecule has 0 fully saturated rings. The van der Waals surface area contributed by atoms with Crippen molar-refractivity contribution >= 4 is 17.6 Å². The van der Waals surface area contributed by atoms with E-state index in [0.29, 0.717) is 0 Å². The van der Waals surface area contributed by atoms with E-state index in [9.17, 15) is 0 Å². The molecule has 0 spiro atoms. The molecule has 0 radical (unpaired) electrons. The Hall–Kier alpha value is -2.46. The van der Waals surface area contributed by atoms with Gasteiger partial charge in [0.15, 0.2) is 0 Å². The van der Waals surface area contributed by atoms with E-state index in [1.165, 1.54) is 16.7 Å². The fraction of sp³-hybridized carbons (Fsp3) is 0.238. The number of hydrogen-bond acceptors (Lipinski definition) is 3. The highest BCUT2D eigenvalue weighted by atomic mass is 32.1. The maximum absolute atomic E-state index is 4.74. The van der Waals surface area contributed by atoms with Crippen LogP contribution in [0.4, 0.5) is 0 Å².